The van der Waals surface area contributed by atoms with E-state index in [-0.39, 0.29) is 23.9 Å². The summed E-state index contributed by atoms with van der Waals surface area (Å²) in [5, 5.41) is 13.3. The highest BCUT2D eigenvalue weighted by atomic mass is 35.5. The number of phenols is 1. The number of benzene rings is 2. The van der Waals surface area contributed by atoms with Crippen molar-refractivity contribution in [1.29, 1.82) is 0 Å². The molecule has 0 unspecified atom stereocenters. The van der Waals surface area contributed by atoms with Gasteiger partial charge in [0, 0.05) is 10.7 Å². The quantitative estimate of drug-likeness (QED) is 0.422. The molecule has 2 N–H and O–H groups in total. The van der Waals surface area contributed by atoms with E-state index in [1.807, 2.05) is 19.9 Å². The molecule has 136 valence electrons. The monoisotopic (exact) mass is 371 g/mol. The lowest BCUT2D eigenvalue weighted by Gasteiger charge is -2.14. The maximum absolute atomic E-state index is 12.2. The van der Waals surface area contributed by atoms with Crippen LogP contribution >= 0.6 is 11.6 Å². The molecule has 4 nitrogen and oxygen atoms in total. The molecule has 2 aromatic rings. The molecule has 0 aliphatic rings. The van der Waals surface area contributed by atoms with Crippen molar-refractivity contribution >= 4 is 35.1 Å². The van der Waals surface area contributed by atoms with Gasteiger partial charge >= 0.3 is 0 Å². The average Bonchev–Trinajstić information content (AvgIpc) is 2.56. The van der Waals surface area contributed by atoms with Crippen LogP contribution in [0, 0.1) is 6.92 Å². The van der Waals surface area contributed by atoms with Gasteiger partial charge in [0.05, 0.1) is 6.42 Å². The molecule has 0 spiro atoms. The standard InChI is InChI=1S/C21H22ClNO3/c1-13(2)17-12-19(14(3)10-20(17)25)23-21(26)11-16(24)9-8-15-6-4-5-7-18(15)22/h4-10,12-13,25H,11H2,1-3H3,(H,23,26)/b9-8+. The molecule has 0 aliphatic carbocycles. The number of rotatable bonds is 6. The first-order chi connectivity index (χ1) is 12.3. The van der Waals surface area contributed by atoms with Crippen molar-refractivity contribution in [2.45, 2.75) is 33.1 Å². The summed E-state index contributed by atoms with van der Waals surface area (Å²) >= 11 is 6.03. The number of hydrogen-bond acceptors (Lipinski definition) is 3. The van der Waals surface area contributed by atoms with E-state index >= 15 is 0 Å². The maximum atomic E-state index is 12.2. The summed E-state index contributed by atoms with van der Waals surface area (Å²) in [5.41, 5.74) is 2.80. The SMILES string of the molecule is Cc1cc(O)c(C(C)C)cc1NC(=O)CC(=O)/C=C/c1ccccc1Cl. The maximum Gasteiger partial charge on any atom is 0.232 e. The Morgan fingerprint density at radius 3 is 2.58 bits per heavy atom. The fraction of sp³-hybridized carbons (Fsp3) is 0.238. The van der Waals surface area contributed by atoms with Gasteiger partial charge in [0.1, 0.15) is 5.75 Å². The fourth-order valence-electron chi connectivity index (χ4n) is 2.51. The van der Waals surface area contributed by atoms with Crippen LogP contribution in [0.5, 0.6) is 5.75 Å². The summed E-state index contributed by atoms with van der Waals surface area (Å²) in [6.45, 7) is 5.70. The molecular formula is C21H22ClNO3. The second kappa shape index (κ2) is 8.68. The van der Waals surface area contributed by atoms with E-state index in [2.05, 4.69) is 5.32 Å². The van der Waals surface area contributed by atoms with Crippen LogP contribution in [0.3, 0.4) is 0 Å². The molecule has 0 aliphatic heterocycles. The van der Waals surface area contributed by atoms with E-state index < -0.39 is 5.91 Å². The molecule has 0 radical (unpaired) electrons. The number of nitrogens with one attached hydrogen (secondary N) is 1. The highest BCUT2D eigenvalue weighted by Gasteiger charge is 2.13. The highest BCUT2D eigenvalue weighted by molar-refractivity contribution is 6.32. The van der Waals surface area contributed by atoms with Crippen molar-refractivity contribution in [3.05, 3.63) is 64.2 Å². The van der Waals surface area contributed by atoms with Crippen LogP contribution in [0.15, 0.2) is 42.5 Å². The molecule has 26 heavy (non-hydrogen) atoms. The van der Waals surface area contributed by atoms with Gasteiger partial charge in [-0.3, -0.25) is 9.59 Å². The Labute approximate surface area is 158 Å². The van der Waals surface area contributed by atoms with E-state index in [0.29, 0.717) is 10.7 Å². The second-order valence-electron chi connectivity index (χ2n) is 6.43. The lowest BCUT2D eigenvalue weighted by atomic mass is 9.99. The van der Waals surface area contributed by atoms with Crippen molar-refractivity contribution in [3.8, 4) is 5.75 Å². The summed E-state index contributed by atoms with van der Waals surface area (Å²) in [5.74, 6) is -0.397. The Hall–Kier alpha value is -2.59. The number of ketones is 1. The number of aromatic hydroxyl groups is 1. The number of hydrogen-bond donors (Lipinski definition) is 2. The van der Waals surface area contributed by atoms with Crippen LogP contribution in [0.1, 0.15) is 42.9 Å². The lowest BCUT2D eigenvalue weighted by molar-refractivity contribution is -0.122. The van der Waals surface area contributed by atoms with Crippen LogP contribution in [-0.4, -0.2) is 16.8 Å². The van der Waals surface area contributed by atoms with Gasteiger partial charge in [-0.2, -0.15) is 0 Å². The van der Waals surface area contributed by atoms with Gasteiger partial charge in [0.2, 0.25) is 5.91 Å². The van der Waals surface area contributed by atoms with Gasteiger partial charge in [0.15, 0.2) is 5.78 Å². The van der Waals surface area contributed by atoms with Crippen LogP contribution < -0.4 is 5.32 Å². The van der Waals surface area contributed by atoms with Crippen molar-refractivity contribution in [1.82, 2.24) is 0 Å². The average molecular weight is 372 g/mol. The van der Waals surface area contributed by atoms with E-state index in [4.69, 9.17) is 11.6 Å². The summed E-state index contributed by atoms with van der Waals surface area (Å²) < 4.78 is 0. The van der Waals surface area contributed by atoms with Crippen molar-refractivity contribution in [2.75, 3.05) is 5.32 Å². The predicted molar refractivity (Wildman–Crippen MR) is 106 cm³/mol. The van der Waals surface area contributed by atoms with Crippen LogP contribution in [0.25, 0.3) is 6.08 Å². The molecular weight excluding hydrogens is 350 g/mol. The van der Waals surface area contributed by atoms with Crippen molar-refractivity contribution in [2.24, 2.45) is 0 Å². The van der Waals surface area contributed by atoms with Gasteiger partial charge in [-0.25, -0.2) is 0 Å². The van der Waals surface area contributed by atoms with Crippen molar-refractivity contribution in [3.63, 3.8) is 0 Å². The Kier molecular flexibility index (Phi) is 6.58. The van der Waals surface area contributed by atoms with Crippen molar-refractivity contribution < 1.29 is 14.7 Å². The number of allylic oxidation sites excluding steroid dienone is 1. The number of carbonyl (C=O) groups excluding carboxylic acids is 2. The van der Waals surface area contributed by atoms with Gasteiger partial charge in [0.25, 0.3) is 0 Å². The molecule has 2 rings (SSSR count). The summed E-state index contributed by atoms with van der Waals surface area (Å²) in [6, 6.07) is 10.5. The first kappa shape index (κ1) is 19.7. The molecule has 0 aromatic heterocycles. The fourth-order valence-corrected chi connectivity index (χ4v) is 2.71. The largest absolute Gasteiger partial charge is 0.508 e. The Morgan fingerprint density at radius 2 is 1.92 bits per heavy atom. The van der Waals surface area contributed by atoms with Crippen LogP contribution in [0.4, 0.5) is 5.69 Å². The van der Waals surface area contributed by atoms with E-state index in [1.54, 1.807) is 43.3 Å². The predicted octanol–water partition coefficient (Wildman–Crippen LogP) is 5.09. The van der Waals surface area contributed by atoms with Gasteiger partial charge in [-0.05, 0) is 59.9 Å². The third kappa shape index (κ3) is 5.20. The third-order valence-electron chi connectivity index (χ3n) is 3.96. The topological polar surface area (TPSA) is 66.4 Å². The molecule has 0 saturated carbocycles. The van der Waals surface area contributed by atoms with Crippen LogP contribution in [-0.2, 0) is 9.59 Å². The number of phenolic OH excluding ortho intramolecular Hbond substituents is 1. The normalized spacial score (nSPS) is 11.1. The molecule has 5 heteroatoms. The molecule has 0 atom stereocenters. The van der Waals surface area contributed by atoms with E-state index in [0.717, 1.165) is 16.7 Å². The number of aryl methyl sites for hydroxylation is 1. The molecule has 2 aromatic carbocycles. The molecule has 0 bridgehead atoms. The molecule has 0 heterocycles. The second-order valence-corrected chi connectivity index (χ2v) is 6.83. The zero-order valence-corrected chi connectivity index (χ0v) is 15.8. The highest BCUT2D eigenvalue weighted by Crippen LogP contribution is 2.31. The van der Waals surface area contributed by atoms with Gasteiger partial charge in [-0.15, -0.1) is 0 Å². The smallest absolute Gasteiger partial charge is 0.232 e. The van der Waals surface area contributed by atoms with E-state index in [1.165, 1.54) is 6.08 Å². The summed E-state index contributed by atoms with van der Waals surface area (Å²) in [4.78, 5) is 24.2. The molecule has 1 amide bonds. The first-order valence-corrected chi connectivity index (χ1v) is 8.74. The lowest BCUT2D eigenvalue weighted by Crippen LogP contribution is -2.16. The minimum atomic E-state index is -0.401. The number of amides is 1. The number of halogens is 1. The Balaban J connectivity index is 2.03. The molecule has 0 fully saturated rings. The number of anilines is 1. The van der Waals surface area contributed by atoms with Gasteiger partial charge < -0.3 is 10.4 Å². The third-order valence-corrected chi connectivity index (χ3v) is 4.30. The Bertz CT molecular complexity index is 856. The summed E-state index contributed by atoms with van der Waals surface area (Å²) in [7, 11) is 0. The van der Waals surface area contributed by atoms with Crippen LogP contribution in [0.2, 0.25) is 5.02 Å². The minimum Gasteiger partial charge on any atom is -0.508 e. The zero-order valence-electron chi connectivity index (χ0n) is 15.0. The summed E-state index contributed by atoms with van der Waals surface area (Å²) in [6.07, 6.45) is 2.68. The van der Waals surface area contributed by atoms with Gasteiger partial charge in [-0.1, -0.05) is 43.6 Å². The number of carbonyl (C=O) groups is 2. The Morgan fingerprint density at radius 1 is 1.23 bits per heavy atom. The first-order valence-electron chi connectivity index (χ1n) is 8.36. The zero-order chi connectivity index (χ0) is 19.3. The van der Waals surface area contributed by atoms with E-state index in [9.17, 15) is 14.7 Å². The minimum absolute atomic E-state index is 0.117. The molecule has 0 saturated heterocycles.